The first kappa shape index (κ1) is 14.2. The lowest BCUT2D eigenvalue weighted by atomic mass is 9.80. The van der Waals surface area contributed by atoms with Gasteiger partial charge in [0.25, 0.3) is 0 Å². The Balaban J connectivity index is 1.99. The van der Waals surface area contributed by atoms with E-state index in [1.807, 2.05) is 39.0 Å². The molecule has 0 N–H and O–H groups in total. The Morgan fingerprint density at radius 2 is 1.90 bits per heavy atom. The van der Waals surface area contributed by atoms with Crippen LogP contribution in [0.15, 0.2) is 18.2 Å². The number of carbonyl (C=O) groups is 1. The van der Waals surface area contributed by atoms with E-state index in [0.717, 1.165) is 11.3 Å². The highest BCUT2D eigenvalue weighted by Crippen LogP contribution is 2.60. The molecule has 1 aromatic rings. The summed E-state index contributed by atoms with van der Waals surface area (Å²) in [6.07, 6.45) is 0. The molecule has 2 unspecified atom stereocenters. The Morgan fingerprint density at radius 3 is 2.52 bits per heavy atom. The minimum atomic E-state index is -0.939. The van der Waals surface area contributed by atoms with Crippen molar-refractivity contribution < 1.29 is 23.7 Å². The van der Waals surface area contributed by atoms with E-state index in [9.17, 15) is 4.79 Å². The van der Waals surface area contributed by atoms with E-state index >= 15 is 0 Å². The van der Waals surface area contributed by atoms with Gasteiger partial charge in [-0.05, 0) is 30.5 Å². The minimum Gasteiger partial charge on any atom is -0.486 e. The highest BCUT2D eigenvalue weighted by atomic mass is 16.7. The molecule has 2 aliphatic heterocycles. The lowest BCUT2D eigenvalue weighted by molar-refractivity contribution is -0.148. The number of benzene rings is 1. The van der Waals surface area contributed by atoms with E-state index < -0.39 is 11.2 Å². The Kier molecular flexibility index (Phi) is 3.13. The summed E-state index contributed by atoms with van der Waals surface area (Å²) in [4.78, 5) is 12.2. The van der Waals surface area contributed by atoms with Gasteiger partial charge in [0.2, 0.25) is 5.60 Å². The normalized spacial score (nSPS) is 30.1. The third-order valence-electron chi connectivity index (χ3n) is 4.43. The van der Waals surface area contributed by atoms with Gasteiger partial charge in [0, 0.05) is 0 Å². The fraction of sp³-hybridized carbons (Fsp3) is 0.562. The second kappa shape index (κ2) is 4.63. The second-order valence-corrected chi connectivity index (χ2v) is 5.88. The van der Waals surface area contributed by atoms with Crippen LogP contribution >= 0.6 is 0 Å². The number of ether oxygens (including phenoxy) is 4. The van der Waals surface area contributed by atoms with Crippen LogP contribution in [0.1, 0.15) is 26.3 Å². The maximum absolute atomic E-state index is 12.2. The van der Waals surface area contributed by atoms with Crippen molar-refractivity contribution in [3.63, 3.8) is 0 Å². The third kappa shape index (κ3) is 1.83. The molecule has 0 spiro atoms. The first-order chi connectivity index (χ1) is 9.95. The number of rotatable bonds is 3. The van der Waals surface area contributed by atoms with Crippen LogP contribution in [0.5, 0.6) is 11.5 Å². The predicted octanol–water partition coefficient (Wildman–Crippen LogP) is 2.27. The summed E-state index contributed by atoms with van der Waals surface area (Å²) in [5, 5.41) is 0. The van der Waals surface area contributed by atoms with Gasteiger partial charge in [-0.1, -0.05) is 19.9 Å². The Hall–Kier alpha value is -1.75. The molecule has 1 fully saturated rings. The summed E-state index contributed by atoms with van der Waals surface area (Å²) >= 11 is 0. The fourth-order valence-corrected chi connectivity index (χ4v) is 3.20. The first-order valence-corrected chi connectivity index (χ1v) is 7.14. The van der Waals surface area contributed by atoms with Crippen LogP contribution < -0.4 is 9.47 Å². The van der Waals surface area contributed by atoms with Crippen LogP contribution in [0, 0.1) is 5.92 Å². The van der Waals surface area contributed by atoms with Gasteiger partial charge in [-0.2, -0.15) is 0 Å². The molecule has 5 nitrogen and oxygen atoms in total. The van der Waals surface area contributed by atoms with Crippen LogP contribution in [0.25, 0.3) is 0 Å². The van der Waals surface area contributed by atoms with Crippen molar-refractivity contribution in [1.29, 1.82) is 0 Å². The van der Waals surface area contributed by atoms with Crippen molar-refractivity contribution in [3.05, 3.63) is 23.8 Å². The van der Waals surface area contributed by atoms with Crippen LogP contribution in [0.2, 0.25) is 0 Å². The lowest BCUT2D eigenvalue weighted by Gasteiger charge is -2.22. The first-order valence-electron chi connectivity index (χ1n) is 7.14. The maximum Gasteiger partial charge on any atom is 0.341 e. The molecule has 2 atom stereocenters. The topological polar surface area (TPSA) is 57.3 Å². The molecule has 5 heteroatoms. The molecule has 0 amide bonds. The molecule has 2 aliphatic rings. The quantitative estimate of drug-likeness (QED) is 0.632. The summed E-state index contributed by atoms with van der Waals surface area (Å²) in [5.41, 5.74) is -0.749. The molecule has 0 radical (unpaired) electrons. The van der Waals surface area contributed by atoms with Gasteiger partial charge in [-0.3, -0.25) is 0 Å². The van der Waals surface area contributed by atoms with Gasteiger partial charge in [-0.25, -0.2) is 4.79 Å². The zero-order chi connectivity index (χ0) is 15.3. The van der Waals surface area contributed by atoms with Crippen molar-refractivity contribution in [1.82, 2.24) is 0 Å². The van der Waals surface area contributed by atoms with Crippen LogP contribution in [-0.2, 0) is 19.9 Å². The Labute approximate surface area is 124 Å². The van der Waals surface area contributed by atoms with Crippen LogP contribution in [-0.4, -0.2) is 31.9 Å². The molecule has 21 heavy (non-hydrogen) atoms. The van der Waals surface area contributed by atoms with Crippen LogP contribution in [0.4, 0.5) is 0 Å². The van der Waals surface area contributed by atoms with Crippen LogP contribution in [0.3, 0.4) is 0 Å². The van der Waals surface area contributed by atoms with Gasteiger partial charge in [0.05, 0.1) is 7.11 Å². The van der Waals surface area contributed by atoms with Gasteiger partial charge >= 0.3 is 5.97 Å². The predicted molar refractivity (Wildman–Crippen MR) is 75.5 cm³/mol. The van der Waals surface area contributed by atoms with Gasteiger partial charge in [0.15, 0.2) is 11.5 Å². The van der Waals surface area contributed by atoms with E-state index in [2.05, 4.69) is 0 Å². The van der Waals surface area contributed by atoms with E-state index in [4.69, 9.17) is 18.9 Å². The van der Waals surface area contributed by atoms with E-state index in [0.29, 0.717) is 19.0 Å². The molecule has 1 aromatic carbocycles. The van der Waals surface area contributed by atoms with Crippen molar-refractivity contribution >= 4 is 5.97 Å². The SMILES string of the molecule is COC(=O)C1(C(C)C)OC1(C)c1ccc2c(c1)OCCO2. The molecule has 0 aromatic heterocycles. The van der Waals surface area contributed by atoms with Gasteiger partial charge in [-0.15, -0.1) is 0 Å². The molecule has 0 saturated carbocycles. The van der Waals surface area contributed by atoms with E-state index in [-0.39, 0.29) is 11.9 Å². The average molecular weight is 292 g/mol. The fourth-order valence-electron chi connectivity index (χ4n) is 3.20. The van der Waals surface area contributed by atoms with Crippen molar-refractivity contribution in [2.24, 2.45) is 5.92 Å². The van der Waals surface area contributed by atoms with E-state index in [1.165, 1.54) is 7.11 Å². The van der Waals surface area contributed by atoms with Gasteiger partial charge < -0.3 is 18.9 Å². The van der Waals surface area contributed by atoms with Gasteiger partial charge in [0.1, 0.15) is 18.8 Å². The number of methoxy groups -OCH3 is 1. The molecule has 3 rings (SSSR count). The summed E-state index contributed by atoms with van der Waals surface area (Å²) in [6.45, 7) is 6.91. The number of carbonyl (C=O) groups excluding carboxylic acids is 1. The molecule has 114 valence electrons. The number of hydrogen-bond acceptors (Lipinski definition) is 5. The largest absolute Gasteiger partial charge is 0.486 e. The zero-order valence-electron chi connectivity index (χ0n) is 12.8. The number of epoxide rings is 1. The lowest BCUT2D eigenvalue weighted by Crippen LogP contribution is -2.37. The standard InChI is InChI=1S/C16H20O5/c1-10(2)16(14(17)18-4)15(3,21-16)11-5-6-12-13(9-11)20-8-7-19-12/h5-6,9-10H,7-8H2,1-4H3. The highest BCUT2D eigenvalue weighted by Gasteiger charge is 2.75. The molecule has 0 aliphatic carbocycles. The smallest absolute Gasteiger partial charge is 0.341 e. The molecule has 2 heterocycles. The molecular weight excluding hydrogens is 272 g/mol. The minimum absolute atomic E-state index is 0.00292. The van der Waals surface area contributed by atoms with Crippen molar-refractivity contribution in [3.8, 4) is 11.5 Å². The summed E-state index contributed by atoms with van der Waals surface area (Å²) < 4.78 is 22.0. The zero-order valence-corrected chi connectivity index (χ0v) is 12.8. The van der Waals surface area contributed by atoms with Crippen molar-refractivity contribution in [2.45, 2.75) is 32.0 Å². The molecular formula is C16H20O5. The molecule has 1 saturated heterocycles. The number of fused-ring (bicyclic) bond motifs is 1. The maximum atomic E-state index is 12.2. The van der Waals surface area contributed by atoms with Crippen molar-refractivity contribution in [2.75, 3.05) is 20.3 Å². The van der Waals surface area contributed by atoms with E-state index in [1.54, 1.807) is 0 Å². The highest BCUT2D eigenvalue weighted by molar-refractivity contribution is 5.85. The Bertz CT molecular complexity index is 582. The Morgan fingerprint density at radius 1 is 1.24 bits per heavy atom. The summed E-state index contributed by atoms with van der Waals surface area (Å²) in [7, 11) is 1.39. The summed E-state index contributed by atoms with van der Waals surface area (Å²) in [6, 6.07) is 5.67. The monoisotopic (exact) mass is 292 g/mol. The molecule has 0 bridgehead atoms. The third-order valence-corrected chi connectivity index (χ3v) is 4.43. The summed E-state index contributed by atoms with van der Waals surface area (Å²) in [5.74, 6) is 1.08. The average Bonchev–Trinajstić information content (AvgIpc) is 3.15. The number of esters is 1. The number of hydrogen-bond donors (Lipinski definition) is 0. The second-order valence-electron chi connectivity index (χ2n) is 5.88.